The van der Waals surface area contributed by atoms with E-state index in [-0.39, 0.29) is 23.7 Å². The van der Waals surface area contributed by atoms with Gasteiger partial charge in [-0.05, 0) is 31.0 Å². The SMILES string of the molecule is CCOC(=O)C(=O)c1cc(CC)cc(OC)c1O. The van der Waals surface area contributed by atoms with Gasteiger partial charge < -0.3 is 14.6 Å². The molecule has 0 fully saturated rings. The Balaban J connectivity index is 3.22. The van der Waals surface area contributed by atoms with Gasteiger partial charge in [-0.3, -0.25) is 4.79 Å². The minimum atomic E-state index is -0.983. The third kappa shape index (κ3) is 2.80. The summed E-state index contributed by atoms with van der Waals surface area (Å²) in [6.07, 6.45) is 0.653. The van der Waals surface area contributed by atoms with Crippen molar-refractivity contribution in [3.8, 4) is 11.5 Å². The van der Waals surface area contributed by atoms with Crippen molar-refractivity contribution in [2.45, 2.75) is 20.3 Å². The lowest BCUT2D eigenvalue weighted by Crippen LogP contribution is -2.18. The minimum Gasteiger partial charge on any atom is -0.504 e. The van der Waals surface area contributed by atoms with Crippen LogP contribution in [0.2, 0.25) is 0 Å². The van der Waals surface area contributed by atoms with E-state index in [2.05, 4.69) is 4.74 Å². The predicted molar refractivity (Wildman–Crippen MR) is 65.0 cm³/mol. The largest absolute Gasteiger partial charge is 0.504 e. The fourth-order valence-electron chi connectivity index (χ4n) is 1.50. The van der Waals surface area contributed by atoms with Crippen molar-refractivity contribution in [2.24, 2.45) is 0 Å². The summed E-state index contributed by atoms with van der Waals surface area (Å²) in [5.74, 6) is -2.03. The molecule has 0 unspecified atom stereocenters. The summed E-state index contributed by atoms with van der Waals surface area (Å²) in [7, 11) is 1.38. The predicted octanol–water partition coefficient (Wildman–Crippen LogP) is 1.71. The van der Waals surface area contributed by atoms with E-state index in [9.17, 15) is 14.7 Å². The van der Waals surface area contributed by atoms with Crippen LogP contribution in [0.1, 0.15) is 29.8 Å². The quantitative estimate of drug-likeness (QED) is 0.490. The summed E-state index contributed by atoms with van der Waals surface area (Å²) in [5.41, 5.74) is 0.696. The van der Waals surface area contributed by atoms with Gasteiger partial charge in [0.05, 0.1) is 19.3 Å². The molecular weight excluding hydrogens is 236 g/mol. The Labute approximate surface area is 105 Å². The van der Waals surface area contributed by atoms with Crippen LogP contribution in [0.25, 0.3) is 0 Å². The first-order valence-electron chi connectivity index (χ1n) is 5.66. The monoisotopic (exact) mass is 252 g/mol. The highest BCUT2D eigenvalue weighted by Crippen LogP contribution is 2.32. The second kappa shape index (κ2) is 6.05. The van der Waals surface area contributed by atoms with E-state index in [0.717, 1.165) is 5.56 Å². The van der Waals surface area contributed by atoms with Crippen molar-refractivity contribution in [1.29, 1.82) is 0 Å². The average Bonchev–Trinajstić information content (AvgIpc) is 2.38. The van der Waals surface area contributed by atoms with E-state index < -0.39 is 11.8 Å². The normalized spacial score (nSPS) is 9.94. The number of phenolic OH excluding ortho intramolecular Hbond substituents is 1. The van der Waals surface area contributed by atoms with Gasteiger partial charge in [-0.1, -0.05) is 6.92 Å². The molecule has 0 aromatic heterocycles. The van der Waals surface area contributed by atoms with Crippen LogP contribution in [0.4, 0.5) is 0 Å². The molecule has 5 heteroatoms. The first kappa shape index (κ1) is 14.0. The third-order valence-electron chi connectivity index (χ3n) is 2.47. The molecule has 98 valence electrons. The summed E-state index contributed by atoms with van der Waals surface area (Å²) in [4.78, 5) is 23.2. The van der Waals surface area contributed by atoms with E-state index in [1.807, 2.05) is 6.92 Å². The van der Waals surface area contributed by atoms with Gasteiger partial charge in [-0.15, -0.1) is 0 Å². The van der Waals surface area contributed by atoms with Crippen LogP contribution in [0.3, 0.4) is 0 Å². The number of rotatable bonds is 5. The maximum absolute atomic E-state index is 11.8. The Bertz CT molecular complexity index is 465. The molecule has 0 saturated heterocycles. The van der Waals surface area contributed by atoms with Crippen LogP contribution < -0.4 is 4.74 Å². The van der Waals surface area contributed by atoms with Crippen LogP contribution in [0.15, 0.2) is 12.1 Å². The highest BCUT2D eigenvalue weighted by atomic mass is 16.5. The molecule has 1 rings (SSSR count). The molecule has 0 bridgehead atoms. The molecule has 0 amide bonds. The van der Waals surface area contributed by atoms with E-state index in [4.69, 9.17) is 4.74 Å². The fourth-order valence-corrected chi connectivity index (χ4v) is 1.50. The lowest BCUT2D eigenvalue weighted by atomic mass is 10.0. The summed E-state index contributed by atoms with van der Waals surface area (Å²) < 4.78 is 9.58. The number of ether oxygens (including phenoxy) is 2. The molecule has 0 aliphatic heterocycles. The lowest BCUT2D eigenvalue weighted by Gasteiger charge is -2.10. The zero-order valence-corrected chi connectivity index (χ0v) is 10.6. The van der Waals surface area contributed by atoms with E-state index in [0.29, 0.717) is 6.42 Å². The molecular formula is C13H16O5. The summed E-state index contributed by atoms with van der Waals surface area (Å²) in [6, 6.07) is 3.09. The van der Waals surface area contributed by atoms with Gasteiger partial charge in [0, 0.05) is 0 Å². The third-order valence-corrected chi connectivity index (χ3v) is 2.47. The first-order chi connectivity index (χ1) is 8.54. The number of carbonyl (C=O) groups excluding carboxylic acids is 2. The number of aromatic hydroxyl groups is 1. The molecule has 5 nitrogen and oxygen atoms in total. The Kier molecular flexibility index (Phi) is 4.71. The van der Waals surface area contributed by atoms with E-state index in [1.54, 1.807) is 13.0 Å². The number of esters is 1. The number of aryl methyl sites for hydroxylation is 1. The highest BCUT2D eigenvalue weighted by Gasteiger charge is 2.23. The number of phenols is 1. The number of methoxy groups -OCH3 is 1. The van der Waals surface area contributed by atoms with Crippen LogP contribution in [0, 0.1) is 0 Å². The number of hydrogen-bond donors (Lipinski definition) is 1. The Morgan fingerprint density at radius 1 is 1.28 bits per heavy atom. The summed E-state index contributed by atoms with van der Waals surface area (Å²) in [5, 5.41) is 9.84. The highest BCUT2D eigenvalue weighted by molar-refractivity contribution is 6.41. The Hall–Kier alpha value is -2.04. The van der Waals surface area contributed by atoms with Gasteiger partial charge in [-0.25, -0.2) is 4.79 Å². The summed E-state index contributed by atoms with van der Waals surface area (Å²) in [6.45, 7) is 3.61. The van der Waals surface area contributed by atoms with Crippen molar-refractivity contribution in [1.82, 2.24) is 0 Å². The molecule has 0 atom stereocenters. The van der Waals surface area contributed by atoms with Gasteiger partial charge in [0.15, 0.2) is 11.5 Å². The van der Waals surface area contributed by atoms with Crippen molar-refractivity contribution >= 4 is 11.8 Å². The van der Waals surface area contributed by atoms with Gasteiger partial charge in [0.25, 0.3) is 5.78 Å². The topological polar surface area (TPSA) is 72.8 Å². The molecule has 1 aromatic rings. The molecule has 18 heavy (non-hydrogen) atoms. The fraction of sp³-hybridized carbons (Fsp3) is 0.385. The molecule has 1 aromatic carbocycles. The summed E-state index contributed by atoms with van der Waals surface area (Å²) >= 11 is 0. The van der Waals surface area contributed by atoms with Crippen molar-refractivity contribution < 1.29 is 24.2 Å². The first-order valence-corrected chi connectivity index (χ1v) is 5.66. The van der Waals surface area contributed by atoms with Crippen molar-refractivity contribution in [3.05, 3.63) is 23.3 Å². The van der Waals surface area contributed by atoms with Crippen molar-refractivity contribution in [3.63, 3.8) is 0 Å². The van der Waals surface area contributed by atoms with Crippen LogP contribution >= 0.6 is 0 Å². The second-order valence-electron chi connectivity index (χ2n) is 3.60. The van der Waals surface area contributed by atoms with Gasteiger partial charge in [-0.2, -0.15) is 0 Å². The molecule has 1 N–H and O–H groups in total. The maximum Gasteiger partial charge on any atom is 0.379 e. The molecule has 0 heterocycles. The maximum atomic E-state index is 11.8. The Morgan fingerprint density at radius 2 is 1.94 bits per heavy atom. The van der Waals surface area contributed by atoms with Gasteiger partial charge in [0.2, 0.25) is 0 Å². The minimum absolute atomic E-state index is 0.0929. The zero-order chi connectivity index (χ0) is 13.7. The van der Waals surface area contributed by atoms with Crippen LogP contribution in [0.5, 0.6) is 11.5 Å². The Morgan fingerprint density at radius 3 is 2.44 bits per heavy atom. The zero-order valence-electron chi connectivity index (χ0n) is 10.6. The number of ketones is 1. The molecule has 0 aliphatic carbocycles. The average molecular weight is 252 g/mol. The van der Waals surface area contributed by atoms with E-state index >= 15 is 0 Å². The molecule has 0 aliphatic rings. The second-order valence-corrected chi connectivity index (χ2v) is 3.60. The van der Waals surface area contributed by atoms with Crippen LogP contribution in [-0.4, -0.2) is 30.6 Å². The van der Waals surface area contributed by atoms with Crippen LogP contribution in [-0.2, 0) is 16.0 Å². The van der Waals surface area contributed by atoms with Gasteiger partial charge in [0.1, 0.15) is 0 Å². The lowest BCUT2D eigenvalue weighted by molar-refractivity contribution is -0.137. The number of benzene rings is 1. The molecule has 0 radical (unpaired) electrons. The molecule has 0 saturated carbocycles. The van der Waals surface area contributed by atoms with Gasteiger partial charge >= 0.3 is 5.97 Å². The standard InChI is InChI=1S/C13H16O5/c1-4-8-6-9(11(14)10(7-8)17-3)12(15)13(16)18-5-2/h6-7,14H,4-5H2,1-3H3. The smallest absolute Gasteiger partial charge is 0.379 e. The van der Waals surface area contributed by atoms with E-state index in [1.165, 1.54) is 13.2 Å². The number of Topliss-reactive ketones (excluding diaryl/α,β-unsaturated/α-hetero) is 1. The van der Waals surface area contributed by atoms with Crippen molar-refractivity contribution in [2.75, 3.05) is 13.7 Å². The molecule has 0 spiro atoms. The number of hydrogen-bond acceptors (Lipinski definition) is 5. The number of carbonyl (C=O) groups is 2.